The Kier molecular flexibility index (Phi) is 9.04. The van der Waals surface area contributed by atoms with Crippen LogP contribution in [0.25, 0.3) is 10.2 Å². The molecule has 0 saturated carbocycles. The summed E-state index contributed by atoms with van der Waals surface area (Å²) in [5.41, 5.74) is 3.65. The van der Waals surface area contributed by atoms with E-state index >= 15 is 0 Å². The lowest BCUT2D eigenvalue weighted by Crippen LogP contribution is -2.19. The average molecular weight is 558 g/mol. The molecule has 37 heavy (non-hydrogen) atoms. The highest BCUT2D eigenvalue weighted by molar-refractivity contribution is 8.00. The van der Waals surface area contributed by atoms with Gasteiger partial charge in [0.15, 0.2) is 4.80 Å². The van der Waals surface area contributed by atoms with Gasteiger partial charge in [0.1, 0.15) is 5.00 Å². The Hall–Kier alpha value is -2.69. The number of esters is 1. The average Bonchev–Trinajstić information content (AvgIpc) is 3.35. The molecule has 0 spiro atoms. The monoisotopic (exact) mass is 557 g/mol. The maximum absolute atomic E-state index is 12.7. The fourth-order valence-corrected chi connectivity index (χ4v) is 7.53. The Balaban J connectivity index is 1.42. The summed E-state index contributed by atoms with van der Waals surface area (Å²) in [6, 6.07) is 6.14. The number of nitrogens with zero attached hydrogens (tertiary/aromatic N) is 2. The van der Waals surface area contributed by atoms with Crippen molar-refractivity contribution in [1.82, 2.24) is 4.57 Å². The highest BCUT2D eigenvalue weighted by Crippen LogP contribution is 2.40. The van der Waals surface area contributed by atoms with E-state index in [2.05, 4.69) is 29.9 Å². The largest absolute Gasteiger partial charge is 0.462 e. The lowest BCUT2D eigenvalue weighted by atomic mass is 9.88. The molecule has 1 N–H and O–H groups in total. The molecule has 196 valence electrons. The summed E-state index contributed by atoms with van der Waals surface area (Å²) in [5.74, 6) is -0.234. The number of hydrogen-bond acceptors (Lipinski definition) is 7. The first-order valence-corrected chi connectivity index (χ1v) is 15.1. The van der Waals surface area contributed by atoms with Gasteiger partial charge >= 0.3 is 5.97 Å². The van der Waals surface area contributed by atoms with Gasteiger partial charge in [-0.15, -0.1) is 29.7 Å². The van der Waals surface area contributed by atoms with Crippen LogP contribution >= 0.6 is 34.4 Å². The maximum atomic E-state index is 12.7. The highest BCUT2D eigenvalue weighted by atomic mass is 32.2. The Labute approximate surface area is 228 Å². The number of nitrogens with one attached hydrogen (secondary N) is 1. The van der Waals surface area contributed by atoms with Crippen LogP contribution in [-0.4, -0.2) is 40.5 Å². The number of anilines is 1. The van der Waals surface area contributed by atoms with E-state index in [0.29, 0.717) is 27.8 Å². The number of thiazole rings is 1. The Morgan fingerprint density at radius 1 is 1.30 bits per heavy atom. The van der Waals surface area contributed by atoms with Crippen molar-refractivity contribution in [2.24, 2.45) is 10.9 Å². The lowest BCUT2D eigenvalue weighted by Gasteiger charge is -2.18. The summed E-state index contributed by atoms with van der Waals surface area (Å²) in [5, 5.41) is 3.44. The van der Waals surface area contributed by atoms with Crippen LogP contribution in [0.15, 0.2) is 35.8 Å². The van der Waals surface area contributed by atoms with Crippen molar-refractivity contribution >= 4 is 67.4 Å². The van der Waals surface area contributed by atoms with Gasteiger partial charge in [-0.25, -0.2) is 4.79 Å². The second kappa shape index (κ2) is 12.2. The van der Waals surface area contributed by atoms with Gasteiger partial charge in [-0.3, -0.25) is 9.59 Å². The van der Waals surface area contributed by atoms with Gasteiger partial charge < -0.3 is 14.6 Å². The minimum absolute atomic E-state index is 0.0813. The molecule has 2 heterocycles. The standard InChI is InChI=1S/C27H31N3O4S3/c1-5-11-30-19-10-8-17(4)13-21(19)37-27(30)29-23(32)15-35-14-22(31)28-25-24(26(33)34-6-2)18-9-7-16(3)12-20(18)36-25/h5,8,10,13,16H,1,6-7,9,11-12,14-15H2,2-4H3,(H,28,31). The summed E-state index contributed by atoms with van der Waals surface area (Å²) in [7, 11) is 0. The Morgan fingerprint density at radius 3 is 2.86 bits per heavy atom. The molecule has 0 saturated heterocycles. The number of thiophene rings is 1. The maximum Gasteiger partial charge on any atom is 0.341 e. The SMILES string of the molecule is C=CCn1c(=NC(=O)CSCC(=O)Nc2sc3c(c2C(=O)OCC)CCC(C)C3)sc2cc(C)ccc21. The molecule has 1 aliphatic carbocycles. The fourth-order valence-electron chi connectivity index (χ4n) is 4.36. The van der Waals surface area contributed by atoms with Gasteiger partial charge in [-0.1, -0.05) is 30.4 Å². The Morgan fingerprint density at radius 2 is 2.11 bits per heavy atom. The molecule has 7 nitrogen and oxygen atoms in total. The van der Waals surface area contributed by atoms with Gasteiger partial charge in [0.2, 0.25) is 5.91 Å². The topological polar surface area (TPSA) is 89.8 Å². The molecular formula is C27H31N3O4S3. The van der Waals surface area contributed by atoms with Crippen LogP contribution in [0.3, 0.4) is 0 Å². The van der Waals surface area contributed by atoms with Crippen LogP contribution in [0.4, 0.5) is 5.00 Å². The molecule has 10 heteroatoms. The summed E-state index contributed by atoms with van der Waals surface area (Å²) < 4.78 is 8.30. The molecule has 4 rings (SSSR count). The molecule has 0 fully saturated rings. The number of benzene rings is 1. The molecule has 0 aliphatic heterocycles. The molecule has 1 unspecified atom stereocenters. The van der Waals surface area contributed by atoms with E-state index in [1.165, 1.54) is 34.4 Å². The molecule has 0 radical (unpaired) electrons. The second-order valence-electron chi connectivity index (χ2n) is 9.08. The summed E-state index contributed by atoms with van der Waals surface area (Å²) >= 11 is 4.13. The predicted molar refractivity (Wildman–Crippen MR) is 153 cm³/mol. The Bertz CT molecular complexity index is 1420. The molecule has 3 aromatic rings. The van der Waals surface area contributed by atoms with Crippen molar-refractivity contribution in [3.63, 3.8) is 0 Å². The van der Waals surface area contributed by atoms with Crippen LogP contribution in [0.5, 0.6) is 0 Å². The number of allylic oxidation sites excluding steroid dienone is 1. The zero-order chi connectivity index (χ0) is 26.5. The van der Waals surface area contributed by atoms with E-state index in [4.69, 9.17) is 4.74 Å². The smallest absolute Gasteiger partial charge is 0.341 e. The van der Waals surface area contributed by atoms with Crippen LogP contribution in [0.2, 0.25) is 0 Å². The van der Waals surface area contributed by atoms with Crippen molar-refractivity contribution in [1.29, 1.82) is 0 Å². The fraction of sp³-hybridized carbons (Fsp3) is 0.407. The normalized spacial score (nSPS) is 15.4. The second-order valence-corrected chi connectivity index (χ2v) is 12.2. The molecule has 1 aliphatic rings. The number of ether oxygens (including phenoxy) is 1. The lowest BCUT2D eigenvalue weighted by molar-refractivity contribution is -0.115. The van der Waals surface area contributed by atoms with E-state index in [-0.39, 0.29) is 29.9 Å². The van der Waals surface area contributed by atoms with Crippen molar-refractivity contribution < 1.29 is 19.1 Å². The van der Waals surface area contributed by atoms with Gasteiger partial charge in [-0.05, 0) is 62.3 Å². The van der Waals surface area contributed by atoms with Crippen molar-refractivity contribution in [2.75, 3.05) is 23.4 Å². The molecule has 2 aromatic heterocycles. The first kappa shape index (κ1) is 27.3. The molecule has 2 amide bonds. The minimum Gasteiger partial charge on any atom is -0.462 e. The minimum atomic E-state index is -0.391. The van der Waals surface area contributed by atoms with Crippen molar-refractivity contribution in [2.45, 2.75) is 46.6 Å². The van der Waals surface area contributed by atoms with E-state index < -0.39 is 5.97 Å². The number of aromatic nitrogens is 1. The number of thioether (sulfide) groups is 1. The zero-order valence-electron chi connectivity index (χ0n) is 21.3. The van der Waals surface area contributed by atoms with Gasteiger partial charge in [0.05, 0.1) is 33.9 Å². The quantitative estimate of drug-likeness (QED) is 0.283. The van der Waals surface area contributed by atoms with E-state index in [9.17, 15) is 14.4 Å². The molecular weight excluding hydrogens is 527 g/mol. The van der Waals surface area contributed by atoms with E-state index in [1.807, 2.05) is 23.6 Å². The van der Waals surface area contributed by atoms with Crippen molar-refractivity contribution in [3.05, 3.63) is 57.2 Å². The third kappa shape index (κ3) is 6.42. The number of rotatable bonds is 9. The van der Waals surface area contributed by atoms with Gasteiger partial charge in [0, 0.05) is 11.4 Å². The predicted octanol–water partition coefficient (Wildman–Crippen LogP) is 5.36. The van der Waals surface area contributed by atoms with Gasteiger partial charge in [-0.2, -0.15) is 4.99 Å². The number of hydrogen-bond donors (Lipinski definition) is 1. The zero-order valence-corrected chi connectivity index (χ0v) is 23.7. The van der Waals surface area contributed by atoms with Crippen molar-refractivity contribution in [3.8, 4) is 0 Å². The van der Waals surface area contributed by atoms with Gasteiger partial charge in [0.25, 0.3) is 5.91 Å². The third-order valence-electron chi connectivity index (χ3n) is 6.07. The third-order valence-corrected chi connectivity index (χ3v) is 9.20. The molecule has 1 aromatic carbocycles. The van der Waals surface area contributed by atoms with E-state index in [0.717, 1.165) is 45.5 Å². The summed E-state index contributed by atoms with van der Waals surface area (Å²) in [4.78, 5) is 44.1. The van der Waals surface area contributed by atoms with E-state index in [1.54, 1.807) is 13.0 Å². The number of carbonyl (C=O) groups is 3. The molecule has 1 atom stereocenters. The molecule has 0 bridgehead atoms. The number of amides is 2. The number of fused-ring (bicyclic) bond motifs is 2. The number of aryl methyl sites for hydroxylation is 1. The van der Waals surface area contributed by atoms with Crippen LogP contribution < -0.4 is 10.1 Å². The summed E-state index contributed by atoms with van der Waals surface area (Å²) in [6.45, 7) is 10.6. The number of carbonyl (C=O) groups excluding carboxylic acids is 3. The first-order valence-electron chi connectivity index (χ1n) is 12.3. The van der Waals surface area contributed by atoms with Crippen LogP contribution in [-0.2, 0) is 33.7 Å². The summed E-state index contributed by atoms with van der Waals surface area (Å²) in [6.07, 6.45) is 4.50. The van der Waals surface area contributed by atoms with Crippen LogP contribution in [0.1, 0.15) is 46.6 Å². The first-order chi connectivity index (χ1) is 17.8. The highest BCUT2D eigenvalue weighted by Gasteiger charge is 2.29. The van der Waals surface area contributed by atoms with Crippen LogP contribution in [0, 0.1) is 12.8 Å².